The molecule has 4 rings (SSSR count). The van der Waals surface area contributed by atoms with E-state index in [1.807, 2.05) is 74.9 Å². The van der Waals surface area contributed by atoms with E-state index < -0.39 is 0 Å². The summed E-state index contributed by atoms with van der Waals surface area (Å²) in [6, 6.07) is 13.5. The number of benzene rings is 2. The van der Waals surface area contributed by atoms with E-state index in [2.05, 4.69) is 10.2 Å². The molecule has 0 bridgehead atoms. The molecule has 3 aromatic rings. The standard InChI is InChI=1S/C22H23N3O3S/c1-13-9-10-14(2)16(11-13)20(26)15(3)29-22-24-23-21(25(22)4)19-12-27-17-7-5-6-8-18(17)28-19/h5-11,15,19H,12H2,1-4H3. The average Bonchev–Trinajstić information content (AvgIpc) is 3.09. The second-order valence-corrected chi connectivity index (χ2v) is 8.51. The zero-order valence-corrected chi connectivity index (χ0v) is 17.7. The lowest BCUT2D eigenvalue weighted by Crippen LogP contribution is -2.24. The predicted octanol–water partition coefficient (Wildman–Crippen LogP) is 4.31. The first kappa shape index (κ1) is 19.5. The fraction of sp³-hybridized carbons (Fsp3) is 0.318. The van der Waals surface area contributed by atoms with Crippen LogP contribution in [0.1, 0.15) is 40.3 Å². The van der Waals surface area contributed by atoms with Crippen LogP contribution in [-0.4, -0.2) is 32.4 Å². The largest absolute Gasteiger partial charge is 0.485 e. The summed E-state index contributed by atoms with van der Waals surface area (Å²) < 4.78 is 13.7. The molecule has 0 saturated carbocycles. The van der Waals surface area contributed by atoms with Gasteiger partial charge in [0.25, 0.3) is 0 Å². The Hall–Kier alpha value is -2.80. The molecule has 2 atom stereocenters. The maximum atomic E-state index is 13.0. The summed E-state index contributed by atoms with van der Waals surface area (Å²) in [4.78, 5) is 13.0. The predicted molar refractivity (Wildman–Crippen MR) is 112 cm³/mol. The molecule has 150 valence electrons. The van der Waals surface area contributed by atoms with Crippen LogP contribution < -0.4 is 9.47 Å². The van der Waals surface area contributed by atoms with Crippen molar-refractivity contribution < 1.29 is 14.3 Å². The molecule has 0 amide bonds. The highest BCUT2D eigenvalue weighted by Crippen LogP contribution is 2.36. The average molecular weight is 410 g/mol. The zero-order valence-electron chi connectivity index (χ0n) is 16.9. The molecule has 2 unspecified atom stereocenters. The number of Topliss-reactive ketones (excluding diaryl/α,β-unsaturated/α-hetero) is 1. The number of ketones is 1. The fourth-order valence-corrected chi connectivity index (χ4v) is 4.18. The van der Waals surface area contributed by atoms with Crippen LogP contribution in [0.25, 0.3) is 0 Å². The summed E-state index contributed by atoms with van der Waals surface area (Å²) in [5.74, 6) is 2.19. The molecule has 2 aromatic carbocycles. The quantitative estimate of drug-likeness (QED) is 0.462. The van der Waals surface area contributed by atoms with Gasteiger partial charge in [0.1, 0.15) is 6.61 Å². The number of carbonyl (C=O) groups is 1. The Balaban J connectivity index is 1.50. The molecule has 6 nitrogen and oxygen atoms in total. The summed E-state index contributed by atoms with van der Waals surface area (Å²) in [6.45, 7) is 6.22. The smallest absolute Gasteiger partial charge is 0.192 e. The van der Waals surface area contributed by atoms with E-state index in [4.69, 9.17) is 9.47 Å². The van der Waals surface area contributed by atoms with E-state index in [0.717, 1.165) is 22.4 Å². The highest BCUT2D eigenvalue weighted by Gasteiger charge is 2.28. The molecule has 0 spiro atoms. The summed E-state index contributed by atoms with van der Waals surface area (Å²) in [5.41, 5.74) is 2.82. The number of para-hydroxylation sites is 2. The van der Waals surface area contributed by atoms with Crippen LogP contribution in [0.4, 0.5) is 0 Å². The third kappa shape index (κ3) is 3.87. The normalized spacial score (nSPS) is 16.5. The van der Waals surface area contributed by atoms with Gasteiger partial charge >= 0.3 is 0 Å². The van der Waals surface area contributed by atoms with Crippen molar-refractivity contribution in [3.05, 3.63) is 65.0 Å². The Labute approximate surface area is 174 Å². The van der Waals surface area contributed by atoms with Gasteiger partial charge in [-0.05, 0) is 44.5 Å². The third-order valence-corrected chi connectivity index (χ3v) is 6.11. The Kier molecular flexibility index (Phi) is 5.32. The molecule has 0 saturated heterocycles. The number of hydrogen-bond acceptors (Lipinski definition) is 6. The first-order valence-corrected chi connectivity index (χ1v) is 10.4. The van der Waals surface area contributed by atoms with Gasteiger partial charge in [-0.2, -0.15) is 0 Å². The molecule has 29 heavy (non-hydrogen) atoms. The Bertz CT molecular complexity index is 1060. The summed E-state index contributed by atoms with van der Waals surface area (Å²) in [5, 5.41) is 8.99. The molecule has 0 fully saturated rings. The SMILES string of the molecule is Cc1ccc(C)c(C(=O)C(C)Sc2nnc(C3COc4ccccc4O3)n2C)c1. The topological polar surface area (TPSA) is 66.2 Å². The van der Waals surface area contributed by atoms with Crippen molar-refractivity contribution in [2.45, 2.75) is 37.3 Å². The number of ether oxygens (including phenoxy) is 2. The van der Waals surface area contributed by atoms with Gasteiger partial charge in [-0.1, -0.05) is 41.6 Å². The van der Waals surface area contributed by atoms with Crippen LogP contribution in [-0.2, 0) is 7.05 Å². The van der Waals surface area contributed by atoms with Gasteiger partial charge in [-0.15, -0.1) is 10.2 Å². The molecule has 1 aliphatic heterocycles. The van der Waals surface area contributed by atoms with Crippen molar-refractivity contribution in [2.24, 2.45) is 7.05 Å². The molecule has 0 N–H and O–H groups in total. The first-order chi connectivity index (χ1) is 13.9. The minimum atomic E-state index is -0.346. The van der Waals surface area contributed by atoms with Crippen molar-refractivity contribution in [2.75, 3.05) is 6.61 Å². The number of fused-ring (bicyclic) bond motifs is 1. The molecule has 7 heteroatoms. The minimum Gasteiger partial charge on any atom is -0.485 e. The highest BCUT2D eigenvalue weighted by atomic mass is 32.2. The van der Waals surface area contributed by atoms with Crippen LogP contribution in [0.2, 0.25) is 0 Å². The summed E-state index contributed by atoms with van der Waals surface area (Å²) >= 11 is 1.40. The number of carbonyl (C=O) groups excluding carboxylic acids is 1. The van der Waals surface area contributed by atoms with E-state index in [1.165, 1.54) is 11.8 Å². The number of thioether (sulfide) groups is 1. The molecule has 1 aromatic heterocycles. The van der Waals surface area contributed by atoms with Crippen molar-refractivity contribution in [3.63, 3.8) is 0 Å². The summed E-state index contributed by atoms with van der Waals surface area (Å²) in [6.07, 6.45) is -0.346. The second kappa shape index (κ2) is 7.91. The Morgan fingerprint density at radius 1 is 1.17 bits per heavy atom. The summed E-state index contributed by atoms with van der Waals surface area (Å²) in [7, 11) is 1.89. The molecular weight excluding hydrogens is 386 g/mol. The van der Waals surface area contributed by atoms with E-state index in [0.29, 0.717) is 23.3 Å². The van der Waals surface area contributed by atoms with E-state index in [-0.39, 0.29) is 17.1 Å². The van der Waals surface area contributed by atoms with Gasteiger partial charge in [0.15, 0.2) is 34.4 Å². The fourth-order valence-electron chi connectivity index (χ4n) is 3.29. The van der Waals surface area contributed by atoms with Gasteiger partial charge in [0.2, 0.25) is 0 Å². The molecule has 0 radical (unpaired) electrons. The zero-order chi connectivity index (χ0) is 20.5. The maximum absolute atomic E-state index is 13.0. The number of aromatic nitrogens is 3. The van der Waals surface area contributed by atoms with Crippen LogP contribution in [0, 0.1) is 13.8 Å². The maximum Gasteiger partial charge on any atom is 0.192 e. The van der Waals surface area contributed by atoms with Gasteiger partial charge in [-0.3, -0.25) is 4.79 Å². The van der Waals surface area contributed by atoms with Crippen molar-refractivity contribution in [3.8, 4) is 11.5 Å². The van der Waals surface area contributed by atoms with Gasteiger partial charge < -0.3 is 14.0 Å². The van der Waals surface area contributed by atoms with Crippen molar-refractivity contribution in [1.29, 1.82) is 0 Å². The number of aryl methyl sites for hydroxylation is 2. The van der Waals surface area contributed by atoms with Gasteiger partial charge in [0.05, 0.1) is 5.25 Å². The molecular formula is C22H23N3O3S. The van der Waals surface area contributed by atoms with Crippen LogP contribution in [0.5, 0.6) is 11.5 Å². The lowest BCUT2D eigenvalue weighted by molar-refractivity contribution is 0.0825. The monoisotopic (exact) mass is 409 g/mol. The molecule has 1 aliphatic rings. The molecule has 2 heterocycles. The third-order valence-electron chi connectivity index (χ3n) is 4.98. The van der Waals surface area contributed by atoms with Gasteiger partial charge in [-0.25, -0.2) is 0 Å². The van der Waals surface area contributed by atoms with Crippen LogP contribution >= 0.6 is 11.8 Å². The highest BCUT2D eigenvalue weighted by molar-refractivity contribution is 8.00. The number of nitrogens with zero attached hydrogens (tertiary/aromatic N) is 3. The molecule has 0 aliphatic carbocycles. The van der Waals surface area contributed by atoms with E-state index >= 15 is 0 Å². The van der Waals surface area contributed by atoms with E-state index in [9.17, 15) is 4.79 Å². The first-order valence-electron chi connectivity index (χ1n) is 9.50. The number of hydrogen-bond donors (Lipinski definition) is 0. The second-order valence-electron chi connectivity index (χ2n) is 7.21. The van der Waals surface area contributed by atoms with Crippen molar-refractivity contribution >= 4 is 17.5 Å². The number of rotatable bonds is 5. The Morgan fingerprint density at radius 3 is 2.72 bits per heavy atom. The van der Waals surface area contributed by atoms with Crippen LogP contribution in [0.3, 0.4) is 0 Å². The minimum absolute atomic E-state index is 0.0897. The van der Waals surface area contributed by atoms with Gasteiger partial charge in [0, 0.05) is 12.6 Å². The van der Waals surface area contributed by atoms with E-state index in [1.54, 1.807) is 0 Å². The lowest BCUT2D eigenvalue weighted by atomic mass is 10.0. The van der Waals surface area contributed by atoms with Crippen molar-refractivity contribution in [1.82, 2.24) is 14.8 Å². The Morgan fingerprint density at radius 2 is 1.93 bits per heavy atom. The lowest BCUT2D eigenvalue weighted by Gasteiger charge is -2.25. The van der Waals surface area contributed by atoms with Crippen LogP contribution in [0.15, 0.2) is 47.6 Å².